The van der Waals surface area contributed by atoms with Crippen LogP contribution in [0, 0.1) is 5.41 Å². The van der Waals surface area contributed by atoms with E-state index in [-0.39, 0.29) is 5.84 Å². The lowest BCUT2D eigenvalue weighted by molar-refractivity contribution is 0.913. The summed E-state index contributed by atoms with van der Waals surface area (Å²) in [5, 5.41) is 8.20. The number of aromatic nitrogens is 1. The van der Waals surface area contributed by atoms with Gasteiger partial charge in [-0.1, -0.05) is 17.7 Å². The Morgan fingerprint density at radius 2 is 2.21 bits per heavy atom. The van der Waals surface area contributed by atoms with E-state index < -0.39 is 0 Å². The van der Waals surface area contributed by atoms with Crippen LogP contribution in [0.15, 0.2) is 42.7 Å². The van der Waals surface area contributed by atoms with Gasteiger partial charge in [-0.25, -0.2) is 0 Å². The van der Waals surface area contributed by atoms with Crippen molar-refractivity contribution in [3.63, 3.8) is 0 Å². The van der Waals surface area contributed by atoms with E-state index in [0.29, 0.717) is 17.1 Å². The molecule has 0 unspecified atom stereocenters. The highest BCUT2D eigenvalue weighted by atomic mass is 35.5. The lowest BCUT2D eigenvalue weighted by atomic mass is 10.1. The molecule has 0 saturated heterocycles. The maximum absolute atomic E-state index is 7.63. The molecule has 3 N–H and O–H groups in total. The molecule has 0 atom stereocenters. The van der Waals surface area contributed by atoms with E-state index in [9.17, 15) is 0 Å². The smallest absolute Gasteiger partial charge is 0.124 e. The Labute approximate surface area is 117 Å². The molecule has 0 amide bonds. The number of nitrogens with one attached hydrogen (secondary N) is 1. The van der Waals surface area contributed by atoms with Crippen molar-refractivity contribution >= 4 is 23.1 Å². The first-order valence-corrected chi connectivity index (χ1v) is 6.19. The minimum Gasteiger partial charge on any atom is -0.384 e. The van der Waals surface area contributed by atoms with E-state index in [0.717, 1.165) is 11.3 Å². The summed E-state index contributed by atoms with van der Waals surface area (Å²) in [5.41, 5.74) is 8.21. The van der Waals surface area contributed by atoms with Crippen LogP contribution in [0.3, 0.4) is 0 Å². The van der Waals surface area contributed by atoms with Crippen LogP contribution in [0.4, 0.5) is 5.69 Å². The minimum atomic E-state index is 0.00976. The number of halogens is 1. The van der Waals surface area contributed by atoms with Crippen LogP contribution >= 0.6 is 11.6 Å². The van der Waals surface area contributed by atoms with Gasteiger partial charge in [-0.05, 0) is 29.8 Å². The molecule has 19 heavy (non-hydrogen) atoms. The van der Waals surface area contributed by atoms with Gasteiger partial charge in [0.15, 0.2) is 0 Å². The topological polar surface area (TPSA) is 66.0 Å². The Morgan fingerprint density at radius 1 is 1.42 bits per heavy atom. The van der Waals surface area contributed by atoms with Gasteiger partial charge in [0.05, 0.1) is 0 Å². The summed E-state index contributed by atoms with van der Waals surface area (Å²) in [6, 6.07) is 9.28. The number of nitrogens with zero attached hydrogens (tertiary/aromatic N) is 2. The number of amidine groups is 1. The van der Waals surface area contributed by atoms with Crippen molar-refractivity contribution in [2.45, 2.75) is 6.54 Å². The number of nitrogens with two attached hydrogens (primary N) is 1. The molecule has 0 radical (unpaired) electrons. The van der Waals surface area contributed by atoms with Gasteiger partial charge in [-0.15, -0.1) is 0 Å². The Kier molecular flexibility index (Phi) is 4.02. The molecule has 1 heterocycles. The summed E-state index contributed by atoms with van der Waals surface area (Å²) in [7, 11) is 1.95. The normalized spacial score (nSPS) is 10.2. The van der Waals surface area contributed by atoms with E-state index in [4.69, 9.17) is 22.7 Å². The van der Waals surface area contributed by atoms with Crippen molar-refractivity contribution in [3.8, 4) is 0 Å². The predicted molar refractivity (Wildman–Crippen MR) is 78.8 cm³/mol. The van der Waals surface area contributed by atoms with Gasteiger partial charge in [0.25, 0.3) is 0 Å². The van der Waals surface area contributed by atoms with Crippen LogP contribution in [0.25, 0.3) is 0 Å². The van der Waals surface area contributed by atoms with Crippen molar-refractivity contribution in [2.75, 3.05) is 11.9 Å². The number of pyridine rings is 1. The molecule has 0 fully saturated rings. The average molecular weight is 275 g/mol. The van der Waals surface area contributed by atoms with Crippen LogP contribution < -0.4 is 10.6 Å². The SMILES string of the molecule is CN(Cc1cccnc1)c1ccc(Cl)cc1C(=N)N. The highest BCUT2D eigenvalue weighted by Crippen LogP contribution is 2.24. The first-order valence-electron chi connectivity index (χ1n) is 5.82. The van der Waals surface area contributed by atoms with Crippen LogP contribution in [0.1, 0.15) is 11.1 Å². The summed E-state index contributed by atoms with van der Waals surface area (Å²) >= 11 is 5.95. The van der Waals surface area contributed by atoms with Gasteiger partial charge in [0, 0.05) is 42.3 Å². The molecule has 5 heteroatoms. The van der Waals surface area contributed by atoms with E-state index >= 15 is 0 Å². The van der Waals surface area contributed by atoms with Crippen molar-refractivity contribution in [1.82, 2.24) is 4.98 Å². The van der Waals surface area contributed by atoms with Gasteiger partial charge in [0.1, 0.15) is 5.84 Å². The molecular weight excluding hydrogens is 260 g/mol. The zero-order valence-corrected chi connectivity index (χ0v) is 11.4. The Bertz CT molecular complexity index is 583. The fourth-order valence-electron chi connectivity index (χ4n) is 1.91. The molecule has 0 aliphatic carbocycles. The Balaban J connectivity index is 2.28. The molecule has 0 bridgehead atoms. The van der Waals surface area contributed by atoms with Crippen molar-refractivity contribution in [3.05, 3.63) is 58.9 Å². The second-order valence-electron chi connectivity index (χ2n) is 4.29. The highest BCUT2D eigenvalue weighted by Gasteiger charge is 2.11. The molecule has 2 aromatic rings. The molecule has 0 saturated carbocycles. The number of hydrogen-bond acceptors (Lipinski definition) is 3. The average Bonchev–Trinajstić information content (AvgIpc) is 2.39. The molecule has 98 valence electrons. The van der Waals surface area contributed by atoms with Crippen molar-refractivity contribution in [1.29, 1.82) is 5.41 Å². The van der Waals surface area contributed by atoms with Gasteiger partial charge < -0.3 is 10.6 Å². The van der Waals surface area contributed by atoms with E-state index in [1.54, 1.807) is 18.3 Å². The van der Waals surface area contributed by atoms with Gasteiger partial charge in [-0.3, -0.25) is 10.4 Å². The maximum atomic E-state index is 7.63. The third-order valence-corrected chi connectivity index (χ3v) is 3.04. The zero-order valence-electron chi connectivity index (χ0n) is 10.6. The van der Waals surface area contributed by atoms with Crippen LogP contribution in [-0.2, 0) is 6.54 Å². The number of benzene rings is 1. The molecule has 0 aliphatic rings. The molecule has 0 spiro atoms. The molecule has 1 aromatic carbocycles. The standard InChI is InChI=1S/C14H15ClN4/c1-19(9-10-3-2-6-18-8-10)13-5-4-11(15)7-12(13)14(16)17/h2-8H,9H2,1H3,(H3,16,17). The summed E-state index contributed by atoms with van der Waals surface area (Å²) in [6.07, 6.45) is 3.56. The third kappa shape index (κ3) is 3.23. The third-order valence-electron chi connectivity index (χ3n) is 2.80. The number of anilines is 1. The summed E-state index contributed by atoms with van der Waals surface area (Å²) in [5.74, 6) is 0.00976. The first-order chi connectivity index (χ1) is 9.08. The minimum absolute atomic E-state index is 0.00976. The van der Waals surface area contributed by atoms with E-state index in [2.05, 4.69) is 4.98 Å². The monoisotopic (exact) mass is 274 g/mol. The Hall–Kier alpha value is -2.07. The lowest BCUT2D eigenvalue weighted by Gasteiger charge is -2.22. The molecular formula is C14H15ClN4. The fraction of sp³-hybridized carbons (Fsp3) is 0.143. The summed E-state index contributed by atoms with van der Waals surface area (Å²) in [4.78, 5) is 6.11. The van der Waals surface area contributed by atoms with Crippen LogP contribution in [-0.4, -0.2) is 17.9 Å². The maximum Gasteiger partial charge on any atom is 0.124 e. The summed E-state index contributed by atoms with van der Waals surface area (Å²) < 4.78 is 0. The number of rotatable bonds is 4. The highest BCUT2D eigenvalue weighted by molar-refractivity contribution is 6.31. The number of nitrogen functional groups attached to an aromatic ring is 1. The molecule has 4 nitrogen and oxygen atoms in total. The number of hydrogen-bond donors (Lipinski definition) is 2. The molecule has 1 aromatic heterocycles. The van der Waals surface area contributed by atoms with Crippen molar-refractivity contribution in [2.24, 2.45) is 5.73 Å². The van der Waals surface area contributed by atoms with Crippen molar-refractivity contribution < 1.29 is 0 Å². The predicted octanol–water partition coefficient (Wildman–Crippen LogP) is 2.66. The van der Waals surface area contributed by atoms with E-state index in [1.165, 1.54) is 0 Å². The summed E-state index contributed by atoms with van der Waals surface area (Å²) in [6.45, 7) is 0.690. The zero-order chi connectivity index (χ0) is 13.8. The van der Waals surface area contributed by atoms with Crippen LogP contribution in [0.5, 0.6) is 0 Å². The second-order valence-corrected chi connectivity index (χ2v) is 4.73. The lowest BCUT2D eigenvalue weighted by Crippen LogP contribution is -2.22. The fourth-order valence-corrected chi connectivity index (χ4v) is 2.08. The van der Waals surface area contributed by atoms with Gasteiger partial charge in [0.2, 0.25) is 0 Å². The quantitative estimate of drug-likeness (QED) is 0.665. The Morgan fingerprint density at radius 3 is 2.84 bits per heavy atom. The van der Waals surface area contributed by atoms with Crippen LogP contribution in [0.2, 0.25) is 5.02 Å². The molecule has 2 rings (SSSR count). The largest absolute Gasteiger partial charge is 0.384 e. The van der Waals surface area contributed by atoms with Gasteiger partial charge >= 0.3 is 0 Å². The van der Waals surface area contributed by atoms with Gasteiger partial charge in [-0.2, -0.15) is 0 Å². The molecule has 0 aliphatic heterocycles. The second kappa shape index (κ2) is 5.71. The first kappa shape index (κ1) is 13.4. The van der Waals surface area contributed by atoms with E-state index in [1.807, 2.05) is 36.3 Å².